The summed E-state index contributed by atoms with van der Waals surface area (Å²) in [5, 5.41) is 10.9. The Kier molecular flexibility index (Phi) is 6.63. The first-order valence-electron chi connectivity index (χ1n) is 9.27. The van der Waals surface area contributed by atoms with Gasteiger partial charge in [0.15, 0.2) is 5.82 Å². The number of nitrogens with zero attached hydrogens (tertiary/aromatic N) is 2. The van der Waals surface area contributed by atoms with Crippen LogP contribution in [0.15, 0.2) is 17.1 Å². The maximum absolute atomic E-state index is 14.9. The zero-order valence-corrected chi connectivity index (χ0v) is 18.1. The molecule has 3 rings (SSSR count). The molecule has 1 unspecified atom stereocenters. The van der Waals surface area contributed by atoms with Crippen LogP contribution in [0.2, 0.25) is 5.02 Å². The summed E-state index contributed by atoms with van der Waals surface area (Å²) in [4.78, 5) is 18.4. The highest BCUT2D eigenvalue weighted by molar-refractivity contribution is 14.1. The molecular weight excluding hydrogens is 486 g/mol. The second-order valence-electron chi connectivity index (χ2n) is 6.97. The lowest BCUT2D eigenvalue weighted by Crippen LogP contribution is -2.44. The first-order chi connectivity index (χ1) is 12.9. The Morgan fingerprint density at radius 3 is 2.70 bits per heavy atom. The molecule has 0 bridgehead atoms. The van der Waals surface area contributed by atoms with E-state index in [1.54, 1.807) is 17.9 Å². The van der Waals surface area contributed by atoms with Crippen molar-refractivity contribution < 1.29 is 19.0 Å². The summed E-state index contributed by atoms with van der Waals surface area (Å²) >= 11 is 8.04. The van der Waals surface area contributed by atoms with Crippen LogP contribution in [0.25, 0.3) is 0 Å². The van der Waals surface area contributed by atoms with Gasteiger partial charge in [-0.15, -0.1) is 0 Å². The van der Waals surface area contributed by atoms with Crippen molar-refractivity contribution in [1.29, 1.82) is 0 Å². The van der Waals surface area contributed by atoms with Crippen LogP contribution in [0.3, 0.4) is 0 Å². The smallest absolute Gasteiger partial charge is 0.363 e. The van der Waals surface area contributed by atoms with E-state index in [-0.39, 0.29) is 29.8 Å². The zero-order chi connectivity index (χ0) is 19.6. The number of halogens is 3. The average Bonchev–Trinajstić information content (AvgIpc) is 2.82. The van der Waals surface area contributed by atoms with E-state index in [2.05, 4.69) is 4.99 Å². The van der Waals surface area contributed by atoms with Crippen LogP contribution < -0.4 is 4.90 Å². The third-order valence-corrected chi connectivity index (χ3v) is 6.23. The summed E-state index contributed by atoms with van der Waals surface area (Å²) < 4.78 is 20.6. The van der Waals surface area contributed by atoms with Gasteiger partial charge in [0.05, 0.1) is 23.9 Å². The molecule has 0 radical (unpaired) electrons. The van der Waals surface area contributed by atoms with Gasteiger partial charge in [0, 0.05) is 9.49 Å². The van der Waals surface area contributed by atoms with Crippen LogP contribution in [-0.2, 0) is 9.53 Å². The number of β-amino-alcohol motifs (C(OH)–C–C–N with tert-alkyl or cyclic N) is 1. The predicted octanol–water partition coefficient (Wildman–Crippen LogP) is 4.52. The van der Waals surface area contributed by atoms with Crippen molar-refractivity contribution in [2.75, 3.05) is 18.1 Å². The Hall–Kier alpha value is -0.930. The van der Waals surface area contributed by atoms with Gasteiger partial charge in [0.1, 0.15) is 5.84 Å². The fourth-order valence-corrected chi connectivity index (χ4v) is 4.61. The normalized spacial score (nSPS) is 23.9. The average molecular weight is 509 g/mol. The van der Waals surface area contributed by atoms with E-state index in [1.807, 2.05) is 22.6 Å². The van der Waals surface area contributed by atoms with Crippen LogP contribution in [-0.4, -0.2) is 35.8 Å². The molecule has 1 saturated carbocycles. The minimum absolute atomic E-state index is 0.00259. The maximum Gasteiger partial charge on any atom is 0.363 e. The zero-order valence-electron chi connectivity index (χ0n) is 15.2. The monoisotopic (exact) mass is 508 g/mol. The summed E-state index contributed by atoms with van der Waals surface area (Å²) in [6.07, 6.45) is 6.18. The topological polar surface area (TPSA) is 62.1 Å². The number of aliphatic hydroxyl groups is 1. The second kappa shape index (κ2) is 8.61. The van der Waals surface area contributed by atoms with Crippen LogP contribution in [0, 0.1) is 15.3 Å². The van der Waals surface area contributed by atoms with Gasteiger partial charge in [0.2, 0.25) is 0 Å². The van der Waals surface area contributed by atoms with E-state index in [4.69, 9.17) is 16.3 Å². The highest BCUT2D eigenvalue weighted by Gasteiger charge is 2.48. The van der Waals surface area contributed by atoms with Crippen molar-refractivity contribution in [3.8, 4) is 0 Å². The molecule has 1 heterocycles. The van der Waals surface area contributed by atoms with Gasteiger partial charge >= 0.3 is 5.97 Å². The van der Waals surface area contributed by atoms with Gasteiger partial charge in [-0.25, -0.2) is 14.2 Å². The Morgan fingerprint density at radius 1 is 1.41 bits per heavy atom. The fourth-order valence-electron chi connectivity index (χ4n) is 3.75. The molecule has 27 heavy (non-hydrogen) atoms. The lowest BCUT2D eigenvalue weighted by Gasteiger charge is -2.28. The molecule has 1 N–H and O–H groups in total. The van der Waals surface area contributed by atoms with Crippen molar-refractivity contribution in [2.45, 2.75) is 51.2 Å². The summed E-state index contributed by atoms with van der Waals surface area (Å²) in [5.41, 5.74) is -1.78. The third-order valence-electron chi connectivity index (χ3n) is 5.07. The number of hydrogen-bond acceptors (Lipinski definition) is 5. The summed E-state index contributed by atoms with van der Waals surface area (Å²) in [6.45, 7) is 1.63. The SMILES string of the molecule is CCOC(=O)C1(O)CN(c2c(I)ccc(Cl)c2F)C(C2CCCCCC2)=N1. The second-order valence-corrected chi connectivity index (χ2v) is 8.54. The van der Waals surface area contributed by atoms with Crippen LogP contribution in [0.5, 0.6) is 0 Å². The largest absolute Gasteiger partial charge is 0.462 e. The molecule has 0 saturated heterocycles. The molecule has 1 aromatic rings. The molecule has 8 heteroatoms. The lowest BCUT2D eigenvalue weighted by atomic mass is 9.98. The standard InChI is InChI=1S/C19H23ClFIN2O3/c1-2-27-18(25)19(26)11-24(16-14(22)10-9-13(20)15(16)21)17(23-19)12-7-5-3-4-6-8-12/h9-10,12,26H,2-8,11H2,1H3. The number of ether oxygens (including phenoxy) is 1. The van der Waals surface area contributed by atoms with E-state index in [9.17, 15) is 14.3 Å². The number of rotatable bonds is 4. The number of carbonyl (C=O) groups excluding carboxylic acids is 1. The number of aliphatic imine (C=N–C) groups is 1. The van der Waals surface area contributed by atoms with Crippen LogP contribution in [0.4, 0.5) is 10.1 Å². The molecule has 0 aromatic heterocycles. The Morgan fingerprint density at radius 2 is 2.07 bits per heavy atom. The molecule has 1 aromatic carbocycles. The molecule has 0 amide bonds. The minimum atomic E-state index is -2.03. The third kappa shape index (κ3) is 4.24. The number of amidine groups is 1. The summed E-state index contributed by atoms with van der Waals surface area (Å²) in [7, 11) is 0. The number of carbonyl (C=O) groups is 1. The van der Waals surface area contributed by atoms with E-state index < -0.39 is 17.5 Å². The molecule has 1 aliphatic heterocycles. The van der Waals surface area contributed by atoms with Gasteiger partial charge in [0.25, 0.3) is 5.72 Å². The van der Waals surface area contributed by atoms with Gasteiger partial charge < -0.3 is 14.7 Å². The van der Waals surface area contributed by atoms with Crippen molar-refractivity contribution in [1.82, 2.24) is 0 Å². The fraction of sp³-hybridized carbons (Fsp3) is 0.579. The lowest BCUT2D eigenvalue weighted by molar-refractivity contribution is -0.162. The molecule has 1 atom stereocenters. The van der Waals surface area contributed by atoms with Crippen molar-refractivity contribution in [3.05, 3.63) is 26.5 Å². The van der Waals surface area contributed by atoms with Gasteiger partial charge in [-0.2, -0.15) is 0 Å². The first-order valence-corrected chi connectivity index (χ1v) is 10.7. The molecule has 148 valence electrons. The maximum atomic E-state index is 14.9. The quantitative estimate of drug-likeness (QED) is 0.281. The minimum Gasteiger partial charge on any atom is -0.462 e. The van der Waals surface area contributed by atoms with Crippen molar-refractivity contribution in [3.63, 3.8) is 0 Å². The number of anilines is 1. The first kappa shape index (κ1) is 20.8. The Balaban J connectivity index is 2.05. The Bertz CT molecular complexity index is 753. The van der Waals surface area contributed by atoms with E-state index in [0.717, 1.165) is 38.5 Å². The molecule has 2 aliphatic rings. The molecule has 0 spiro atoms. The van der Waals surface area contributed by atoms with Crippen LogP contribution >= 0.6 is 34.2 Å². The molecule has 1 fully saturated rings. The molecule has 1 aliphatic carbocycles. The van der Waals surface area contributed by atoms with Gasteiger partial charge in [-0.1, -0.05) is 37.3 Å². The summed E-state index contributed by atoms with van der Waals surface area (Å²) in [5.74, 6) is -0.772. The number of esters is 1. The number of hydrogen-bond donors (Lipinski definition) is 1. The highest BCUT2D eigenvalue weighted by Crippen LogP contribution is 2.38. The van der Waals surface area contributed by atoms with E-state index >= 15 is 0 Å². The van der Waals surface area contributed by atoms with Crippen molar-refractivity contribution >= 4 is 51.7 Å². The van der Waals surface area contributed by atoms with Crippen LogP contribution in [0.1, 0.15) is 45.4 Å². The van der Waals surface area contributed by atoms with Crippen molar-refractivity contribution in [2.24, 2.45) is 10.9 Å². The summed E-state index contributed by atoms with van der Waals surface area (Å²) in [6, 6.07) is 3.21. The van der Waals surface area contributed by atoms with E-state index in [0.29, 0.717) is 9.41 Å². The molecule has 5 nitrogen and oxygen atoms in total. The van der Waals surface area contributed by atoms with Gasteiger partial charge in [-0.3, -0.25) is 0 Å². The van der Waals surface area contributed by atoms with Gasteiger partial charge in [-0.05, 0) is 54.5 Å². The highest BCUT2D eigenvalue weighted by atomic mass is 127. The number of benzene rings is 1. The molecular formula is C19H23ClFIN2O3. The Labute approximate surface area is 177 Å². The van der Waals surface area contributed by atoms with E-state index in [1.165, 1.54) is 6.07 Å². The predicted molar refractivity (Wildman–Crippen MR) is 112 cm³/mol.